The van der Waals surface area contributed by atoms with E-state index in [9.17, 15) is 0 Å². The first-order valence-corrected chi connectivity index (χ1v) is 10.8. The van der Waals surface area contributed by atoms with Gasteiger partial charge in [0.2, 0.25) is 0 Å². The van der Waals surface area contributed by atoms with Gasteiger partial charge in [0.05, 0.1) is 6.10 Å². The molecule has 0 bridgehead atoms. The highest BCUT2D eigenvalue weighted by Gasteiger charge is 2.27. The van der Waals surface area contributed by atoms with E-state index in [0.29, 0.717) is 18.0 Å². The molecular formula is C23H40N4O. The summed E-state index contributed by atoms with van der Waals surface area (Å²) in [6.07, 6.45) is 2.47. The van der Waals surface area contributed by atoms with Gasteiger partial charge in [0.25, 0.3) is 0 Å². The Morgan fingerprint density at radius 1 is 1.14 bits per heavy atom. The molecule has 2 atom stereocenters. The van der Waals surface area contributed by atoms with Crippen molar-refractivity contribution in [3.8, 4) is 0 Å². The van der Waals surface area contributed by atoms with Gasteiger partial charge in [-0.2, -0.15) is 0 Å². The van der Waals surface area contributed by atoms with E-state index in [4.69, 9.17) is 4.74 Å². The van der Waals surface area contributed by atoms with Gasteiger partial charge in [0, 0.05) is 51.3 Å². The van der Waals surface area contributed by atoms with E-state index in [1.54, 1.807) is 0 Å². The molecule has 2 N–H and O–H groups in total. The van der Waals surface area contributed by atoms with Crippen molar-refractivity contribution in [2.75, 3.05) is 33.3 Å². The summed E-state index contributed by atoms with van der Waals surface area (Å²) in [5.41, 5.74) is 2.57. The maximum absolute atomic E-state index is 6.14. The lowest BCUT2D eigenvalue weighted by molar-refractivity contribution is -0.0265. The summed E-state index contributed by atoms with van der Waals surface area (Å²) in [6, 6.07) is 9.86. The van der Waals surface area contributed by atoms with E-state index in [-0.39, 0.29) is 6.10 Å². The molecule has 0 amide bonds. The van der Waals surface area contributed by atoms with Gasteiger partial charge in [-0.05, 0) is 53.0 Å². The first-order chi connectivity index (χ1) is 13.4. The van der Waals surface area contributed by atoms with Crippen molar-refractivity contribution < 1.29 is 4.74 Å². The van der Waals surface area contributed by atoms with Crippen LogP contribution >= 0.6 is 0 Å². The molecule has 2 rings (SSSR count). The lowest BCUT2D eigenvalue weighted by atomic mass is 9.89. The average Bonchev–Trinajstić information content (AvgIpc) is 2.68. The highest BCUT2D eigenvalue weighted by molar-refractivity contribution is 5.79. The van der Waals surface area contributed by atoms with Gasteiger partial charge in [0.1, 0.15) is 0 Å². The number of aryl methyl sites for hydroxylation is 1. The zero-order valence-electron chi connectivity index (χ0n) is 18.7. The monoisotopic (exact) mass is 388 g/mol. The molecule has 1 saturated heterocycles. The third-order valence-electron chi connectivity index (χ3n) is 5.60. The van der Waals surface area contributed by atoms with Crippen LogP contribution in [0.25, 0.3) is 0 Å². The number of hydrogen-bond acceptors (Lipinski definition) is 3. The minimum absolute atomic E-state index is 0.164. The van der Waals surface area contributed by atoms with Gasteiger partial charge in [-0.15, -0.1) is 0 Å². The fourth-order valence-electron chi connectivity index (χ4n) is 4.04. The molecule has 5 nitrogen and oxygen atoms in total. The highest BCUT2D eigenvalue weighted by Crippen LogP contribution is 2.33. The predicted octanol–water partition coefficient (Wildman–Crippen LogP) is 3.75. The molecule has 28 heavy (non-hydrogen) atoms. The van der Waals surface area contributed by atoms with Gasteiger partial charge in [0.15, 0.2) is 5.96 Å². The number of ether oxygens (including phenoxy) is 1. The number of benzene rings is 1. The molecule has 1 aliphatic rings. The Balaban J connectivity index is 1.86. The largest absolute Gasteiger partial charge is 0.373 e. The number of guanidine groups is 1. The van der Waals surface area contributed by atoms with Crippen molar-refractivity contribution in [3.63, 3.8) is 0 Å². The summed E-state index contributed by atoms with van der Waals surface area (Å²) in [6.45, 7) is 14.7. The minimum atomic E-state index is 0.164. The molecule has 158 valence electrons. The molecule has 1 aromatic carbocycles. The van der Waals surface area contributed by atoms with E-state index in [1.165, 1.54) is 17.5 Å². The standard InChI is InChI=1S/C23H40N4O/c1-17(2)27(18(3)4)14-13-25-23(24-6)26-16-21-8-7-15-28-22(21)20-11-9-19(5)10-12-20/h9-12,17-18,21-22H,7-8,13-16H2,1-6H3,(H2,24,25,26). The van der Waals surface area contributed by atoms with Crippen LogP contribution in [-0.4, -0.2) is 56.2 Å². The normalized spacial score (nSPS) is 20.8. The summed E-state index contributed by atoms with van der Waals surface area (Å²) in [5.74, 6) is 1.33. The van der Waals surface area contributed by atoms with Crippen molar-refractivity contribution in [3.05, 3.63) is 35.4 Å². The van der Waals surface area contributed by atoms with Crippen LogP contribution in [0.2, 0.25) is 0 Å². The molecule has 0 radical (unpaired) electrons. The molecule has 0 spiro atoms. The van der Waals surface area contributed by atoms with E-state index < -0.39 is 0 Å². The summed E-state index contributed by atoms with van der Waals surface area (Å²) >= 11 is 0. The first-order valence-electron chi connectivity index (χ1n) is 10.8. The van der Waals surface area contributed by atoms with E-state index in [0.717, 1.165) is 38.6 Å². The topological polar surface area (TPSA) is 48.9 Å². The second-order valence-corrected chi connectivity index (χ2v) is 8.41. The minimum Gasteiger partial charge on any atom is -0.373 e. The van der Waals surface area contributed by atoms with Crippen LogP contribution in [-0.2, 0) is 4.74 Å². The van der Waals surface area contributed by atoms with Crippen LogP contribution in [0.3, 0.4) is 0 Å². The van der Waals surface area contributed by atoms with Gasteiger partial charge >= 0.3 is 0 Å². The number of nitrogens with zero attached hydrogens (tertiary/aromatic N) is 2. The van der Waals surface area contributed by atoms with Crippen molar-refractivity contribution >= 4 is 5.96 Å². The molecule has 1 fully saturated rings. The zero-order chi connectivity index (χ0) is 20.5. The van der Waals surface area contributed by atoms with Gasteiger partial charge in [-0.25, -0.2) is 0 Å². The van der Waals surface area contributed by atoms with E-state index in [2.05, 4.69) is 79.4 Å². The predicted molar refractivity (Wildman–Crippen MR) is 119 cm³/mol. The quantitative estimate of drug-likeness (QED) is 0.526. The second-order valence-electron chi connectivity index (χ2n) is 8.41. The summed E-state index contributed by atoms with van der Waals surface area (Å²) in [5, 5.41) is 6.99. The second kappa shape index (κ2) is 11.4. The van der Waals surface area contributed by atoms with Crippen LogP contribution in [0.4, 0.5) is 0 Å². The Labute approximate surface area is 171 Å². The highest BCUT2D eigenvalue weighted by atomic mass is 16.5. The SMILES string of the molecule is CN=C(NCCN(C(C)C)C(C)C)NCC1CCCOC1c1ccc(C)cc1. The fourth-order valence-corrected chi connectivity index (χ4v) is 4.04. The maximum Gasteiger partial charge on any atom is 0.191 e. The summed E-state index contributed by atoms with van der Waals surface area (Å²) in [4.78, 5) is 6.89. The lowest BCUT2D eigenvalue weighted by Gasteiger charge is -2.33. The van der Waals surface area contributed by atoms with Gasteiger partial charge < -0.3 is 15.4 Å². The van der Waals surface area contributed by atoms with Crippen LogP contribution in [0.1, 0.15) is 57.8 Å². The van der Waals surface area contributed by atoms with Gasteiger partial charge in [-0.1, -0.05) is 29.8 Å². The van der Waals surface area contributed by atoms with E-state index in [1.807, 2.05) is 7.05 Å². The Kier molecular flexibility index (Phi) is 9.26. The molecule has 1 aromatic rings. The molecule has 2 unspecified atom stereocenters. The molecule has 0 aliphatic carbocycles. The number of aliphatic imine (C=N–C) groups is 1. The lowest BCUT2D eigenvalue weighted by Crippen LogP contribution is -2.46. The maximum atomic E-state index is 6.14. The average molecular weight is 389 g/mol. The Hall–Kier alpha value is -1.59. The Morgan fingerprint density at radius 2 is 1.82 bits per heavy atom. The zero-order valence-corrected chi connectivity index (χ0v) is 18.7. The summed E-state index contributed by atoms with van der Waals surface area (Å²) in [7, 11) is 1.84. The van der Waals surface area contributed by atoms with Gasteiger partial charge in [-0.3, -0.25) is 9.89 Å². The molecule has 0 saturated carbocycles. The molecular weight excluding hydrogens is 348 g/mol. The molecule has 0 aromatic heterocycles. The van der Waals surface area contributed by atoms with Crippen molar-refractivity contribution in [2.45, 2.75) is 65.6 Å². The summed E-state index contributed by atoms with van der Waals surface area (Å²) < 4.78 is 6.14. The number of nitrogens with one attached hydrogen (secondary N) is 2. The van der Waals surface area contributed by atoms with Crippen molar-refractivity contribution in [2.24, 2.45) is 10.9 Å². The van der Waals surface area contributed by atoms with E-state index >= 15 is 0 Å². The fraction of sp³-hybridized carbons (Fsp3) is 0.696. The van der Waals surface area contributed by atoms with Crippen molar-refractivity contribution in [1.82, 2.24) is 15.5 Å². The number of hydrogen-bond donors (Lipinski definition) is 2. The third kappa shape index (κ3) is 6.78. The molecule has 1 heterocycles. The smallest absolute Gasteiger partial charge is 0.191 e. The number of rotatable bonds is 8. The molecule has 5 heteroatoms. The first kappa shape index (κ1) is 22.7. The van der Waals surface area contributed by atoms with Crippen LogP contribution in [0, 0.1) is 12.8 Å². The third-order valence-corrected chi connectivity index (χ3v) is 5.60. The Bertz CT molecular complexity index is 589. The van der Waals surface area contributed by atoms with Crippen LogP contribution in [0.15, 0.2) is 29.3 Å². The van der Waals surface area contributed by atoms with Crippen molar-refractivity contribution in [1.29, 1.82) is 0 Å². The molecule has 1 aliphatic heterocycles. The Morgan fingerprint density at radius 3 is 2.43 bits per heavy atom. The van der Waals surface area contributed by atoms with Crippen LogP contribution < -0.4 is 10.6 Å². The van der Waals surface area contributed by atoms with Crippen LogP contribution in [0.5, 0.6) is 0 Å².